The lowest BCUT2D eigenvalue weighted by molar-refractivity contribution is -0.209. The summed E-state index contributed by atoms with van der Waals surface area (Å²) >= 11 is 0. The molecule has 4 aliphatic carbocycles. The van der Waals surface area contributed by atoms with Gasteiger partial charge in [-0.1, -0.05) is 32.9 Å². The van der Waals surface area contributed by atoms with Gasteiger partial charge in [0.25, 0.3) is 0 Å². The molecule has 8 atom stereocenters. The van der Waals surface area contributed by atoms with Crippen molar-refractivity contribution in [3.05, 3.63) is 23.3 Å². The number of carbonyl (C=O) groups excluding carboxylic acids is 1. The summed E-state index contributed by atoms with van der Waals surface area (Å²) in [4.78, 5) is 12.7. The third-order valence-corrected chi connectivity index (χ3v) is 8.04. The van der Waals surface area contributed by atoms with Gasteiger partial charge in [0.2, 0.25) is 0 Å². The minimum absolute atomic E-state index is 0.0615. The van der Waals surface area contributed by atoms with Crippen LogP contribution in [0.25, 0.3) is 0 Å². The summed E-state index contributed by atoms with van der Waals surface area (Å²) in [5.41, 5.74) is -4.57. The molecule has 5 N–H and O–H groups in total. The number of rotatable bonds is 1. The Hall–Kier alpha value is -1.05. The Labute approximate surface area is 152 Å². The molecule has 0 aromatic rings. The molecule has 6 nitrogen and oxygen atoms in total. The number of ketones is 1. The number of aliphatic hydroxyl groups excluding tert-OH is 2. The minimum atomic E-state index is -1.84. The van der Waals surface area contributed by atoms with Crippen molar-refractivity contribution in [2.24, 2.45) is 29.1 Å². The summed E-state index contributed by atoms with van der Waals surface area (Å²) in [7, 11) is 0. The molecule has 2 fully saturated rings. The van der Waals surface area contributed by atoms with Crippen molar-refractivity contribution >= 4 is 5.78 Å². The molecule has 0 saturated heterocycles. The topological polar surface area (TPSA) is 118 Å². The molecule has 0 aromatic carbocycles. The number of Topliss-reactive ketones (excluding diaryl/α,β-unsaturated/α-hetero) is 1. The monoisotopic (exact) mass is 364 g/mol. The first-order chi connectivity index (χ1) is 11.9. The van der Waals surface area contributed by atoms with Crippen LogP contribution in [-0.2, 0) is 4.79 Å². The highest BCUT2D eigenvalue weighted by Gasteiger charge is 2.84. The molecule has 6 heteroatoms. The number of fused-ring (bicyclic) bond motifs is 5. The largest absolute Gasteiger partial charge is 0.392 e. The molecule has 0 aromatic heterocycles. The molecule has 0 spiro atoms. The molecule has 4 rings (SSSR count). The van der Waals surface area contributed by atoms with Gasteiger partial charge in [0.15, 0.2) is 5.78 Å². The second kappa shape index (κ2) is 4.86. The number of aliphatic hydroxyl groups is 5. The van der Waals surface area contributed by atoms with Gasteiger partial charge >= 0.3 is 0 Å². The van der Waals surface area contributed by atoms with Crippen LogP contribution >= 0.6 is 0 Å². The SMILES string of the molecule is CC1=C[C@H]2[C@@]3(O)[C@H](C)[C@@H](O)[C@]4(O)[C@H]([C@H]3C=C(CO)C[C@]2(O)C1=O)C4(C)C. The lowest BCUT2D eigenvalue weighted by Crippen LogP contribution is -2.65. The smallest absolute Gasteiger partial charge is 0.190 e. The zero-order valence-electron chi connectivity index (χ0n) is 15.6. The van der Waals surface area contributed by atoms with Crippen LogP contribution in [-0.4, -0.2) is 60.8 Å². The first kappa shape index (κ1) is 18.3. The van der Waals surface area contributed by atoms with E-state index in [2.05, 4.69) is 0 Å². The summed E-state index contributed by atoms with van der Waals surface area (Å²) in [5, 5.41) is 54.9. The highest BCUT2D eigenvalue weighted by Crippen LogP contribution is 2.74. The van der Waals surface area contributed by atoms with Gasteiger partial charge in [0.05, 0.1) is 18.3 Å². The van der Waals surface area contributed by atoms with Gasteiger partial charge in [0, 0.05) is 35.5 Å². The van der Waals surface area contributed by atoms with E-state index in [1.807, 2.05) is 13.8 Å². The van der Waals surface area contributed by atoms with E-state index in [0.717, 1.165) is 0 Å². The lowest BCUT2D eigenvalue weighted by atomic mass is 9.59. The van der Waals surface area contributed by atoms with Crippen molar-refractivity contribution in [3.8, 4) is 0 Å². The van der Waals surface area contributed by atoms with Crippen molar-refractivity contribution in [1.29, 1.82) is 0 Å². The van der Waals surface area contributed by atoms with Crippen molar-refractivity contribution in [2.75, 3.05) is 6.61 Å². The van der Waals surface area contributed by atoms with Crippen LogP contribution in [0.1, 0.15) is 34.1 Å². The molecule has 26 heavy (non-hydrogen) atoms. The molecule has 4 aliphatic rings. The Morgan fingerprint density at radius 2 is 1.81 bits per heavy atom. The third-order valence-electron chi connectivity index (χ3n) is 8.04. The maximum atomic E-state index is 12.7. The minimum Gasteiger partial charge on any atom is -0.392 e. The number of carbonyl (C=O) groups is 1. The van der Waals surface area contributed by atoms with Gasteiger partial charge in [-0.3, -0.25) is 4.79 Å². The summed E-state index contributed by atoms with van der Waals surface area (Å²) in [6, 6.07) is 0. The second-order valence-electron chi connectivity index (χ2n) is 9.41. The number of hydrogen-bond acceptors (Lipinski definition) is 6. The molecule has 0 amide bonds. The Morgan fingerprint density at radius 1 is 1.19 bits per heavy atom. The van der Waals surface area contributed by atoms with Crippen molar-refractivity contribution in [1.82, 2.24) is 0 Å². The summed E-state index contributed by atoms with van der Waals surface area (Å²) in [6.07, 6.45) is 2.08. The molecular weight excluding hydrogens is 336 g/mol. The zero-order valence-corrected chi connectivity index (χ0v) is 15.6. The van der Waals surface area contributed by atoms with Crippen LogP contribution in [0.3, 0.4) is 0 Å². The fourth-order valence-corrected chi connectivity index (χ4v) is 6.45. The standard InChI is InChI=1S/C20H28O6/c1-9-5-13-18(24,15(9)22)7-11(8-21)6-12-14-17(3,4)20(14,26)16(23)10(2)19(12,13)25/h5-6,10,12-14,16,21,23-26H,7-8H2,1-4H3/t10-,12-,13-,14-,16-,18-,19-,20-/m1/s1. The maximum absolute atomic E-state index is 12.7. The molecular formula is C20H28O6. The zero-order chi connectivity index (χ0) is 19.4. The van der Waals surface area contributed by atoms with Gasteiger partial charge in [0.1, 0.15) is 11.2 Å². The molecule has 0 aliphatic heterocycles. The van der Waals surface area contributed by atoms with Crippen LogP contribution in [0, 0.1) is 29.1 Å². The summed E-state index contributed by atoms with van der Waals surface area (Å²) in [6.45, 7) is 6.63. The van der Waals surface area contributed by atoms with Crippen LogP contribution in [0.2, 0.25) is 0 Å². The van der Waals surface area contributed by atoms with E-state index in [1.165, 1.54) is 0 Å². The van der Waals surface area contributed by atoms with Crippen molar-refractivity contribution in [3.63, 3.8) is 0 Å². The van der Waals surface area contributed by atoms with E-state index in [9.17, 15) is 30.3 Å². The van der Waals surface area contributed by atoms with Gasteiger partial charge in [-0.15, -0.1) is 0 Å². The lowest BCUT2D eigenvalue weighted by Gasteiger charge is -2.51. The van der Waals surface area contributed by atoms with Gasteiger partial charge < -0.3 is 25.5 Å². The Kier molecular flexibility index (Phi) is 3.42. The maximum Gasteiger partial charge on any atom is 0.190 e. The highest BCUT2D eigenvalue weighted by molar-refractivity contribution is 6.04. The molecule has 0 unspecified atom stereocenters. The Bertz CT molecular complexity index is 753. The summed E-state index contributed by atoms with van der Waals surface area (Å²) in [5.74, 6) is -3.14. The number of hydrogen-bond donors (Lipinski definition) is 5. The average Bonchev–Trinajstić information content (AvgIpc) is 2.97. The van der Waals surface area contributed by atoms with Gasteiger partial charge in [-0.25, -0.2) is 0 Å². The first-order valence-electron chi connectivity index (χ1n) is 9.27. The van der Waals surface area contributed by atoms with E-state index < -0.39 is 57.8 Å². The predicted molar refractivity (Wildman–Crippen MR) is 92.8 cm³/mol. The van der Waals surface area contributed by atoms with Gasteiger partial charge in [-0.05, 0) is 18.1 Å². The normalized spacial score (nSPS) is 54.5. The first-order valence-corrected chi connectivity index (χ1v) is 9.27. The molecule has 2 saturated carbocycles. The van der Waals surface area contributed by atoms with Gasteiger partial charge in [-0.2, -0.15) is 0 Å². The Balaban J connectivity index is 1.96. The fraction of sp³-hybridized carbons (Fsp3) is 0.750. The van der Waals surface area contributed by atoms with Crippen LogP contribution in [0.4, 0.5) is 0 Å². The molecule has 0 radical (unpaired) electrons. The summed E-state index contributed by atoms with van der Waals surface area (Å²) < 4.78 is 0. The quantitative estimate of drug-likeness (QED) is 0.416. The van der Waals surface area contributed by atoms with E-state index in [1.54, 1.807) is 26.0 Å². The highest BCUT2D eigenvalue weighted by atomic mass is 16.4. The van der Waals surface area contributed by atoms with Crippen LogP contribution < -0.4 is 0 Å². The average molecular weight is 364 g/mol. The molecule has 144 valence electrons. The molecule has 0 bridgehead atoms. The third kappa shape index (κ3) is 1.69. The fourth-order valence-electron chi connectivity index (χ4n) is 6.45. The van der Waals surface area contributed by atoms with E-state index >= 15 is 0 Å². The van der Waals surface area contributed by atoms with Crippen LogP contribution in [0.15, 0.2) is 23.3 Å². The molecule has 0 heterocycles. The van der Waals surface area contributed by atoms with E-state index in [-0.39, 0.29) is 13.0 Å². The predicted octanol–water partition coefficient (Wildman–Crippen LogP) is -0.0699. The van der Waals surface area contributed by atoms with Crippen molar-refractivity contribution in [2.45, 2.75) is 57.0 Å². The second-order valence-corrected chi connectivity index (χ2v) is 9.41. The Morgan fingerprint density at radius 3 is 2.38 bits per heavy atom. The van der Waals surface area contributed by atoms with E-state index in [0.29, 0.717) is 11.1 Å². The van der Waals surface area contributed by atoms with Crippen molar-refractivity contribution < 1.29 is 30.3 Å². The van der Waals surface area contributed by atoms with Crippen LogP contribution in [0.5, 0.6) is 0 Å². The van der Waals surface area contributed by atoms with E-state index in [4.69, 9.17) is 0 Å².